The van der Waals surface area contributed by atoms with Crippen LogP contribution in [0.3, 0.4) is 0 Å². The molecule has 14 nitrogen and oxygen atoms in total. The number of aliphatic hydroxyl groups is 1. The molecule has 0 rings (SSSR count). The smallest absolute Gasteiger partial charge is 0.475 e. The van der Waals surface area contributed by atoms with Gasteiger partial charge < -0.3 is 45.9 Å². The lowest BCUT2D eigenvalue weighted by atomic mass is 9.91. The molecule has 1 amide bonds. The number of alkyl carbamates (subject to hydrolysis) is 1. The van der Waals surface area contributed by atoms with E-state index in [9.17, 15) is 32.7 Å². The van der Waals surface area contributed by atoms with Crippen LogP contribution in [0.5, 0.6) is 0 Å². The van der Waals surface area contributed by atoms with Gasteiger partial charge in [0.25, 0.3) is 0 Å². The number of hydrogen-bond acceptors (Lipinski definition) is 10. The number of esters is 1. The van der Waals surface area contributed by atoms with E-state index in [1.807, 2.05) is 0 Å². The lowest BCUT2D eigenvalue weighted by Gasteiger charge is -2.23. The van der Waals surface area contributed by atoms with Crippen molar-refractivity contribution in [3.63, 3.8) is 0 Å². The van der Waals surface area contributed by atoms with Crippen LogP contribution in [0.2, 0.25) is 0 Å². The Bertz CT molecular complexity index is 784. The van der Waals surface area contributed by atoms with Crippen LogP contribution in [0.25, 0.3) is 0 Å². The first-order valence-electron chi connectivity index (χ1n) is 11.2. The van der Waals surface area contributed by atoms with E-state index < -0.39 is 55.7 Å². The number of guanidine groups is 1. The number of nitrogens with two attached hydrogens (primary N) is 2. The van der Waals surface area contributed by atoms with Crippen molar-refractivity contribution in [3.8, 4) is 0 Å². The van der Waals surface area contributed by atoms with Crippen LogP contribution in [0, 0.1) is 10.8 Å². The highest BCUT2D eigenvalue weighted by Crippen LogP contribution is 2.20. The number of carboxylic acid groups (broad SMARTS) is 1. The highest BCUT2D eigenvalue weighted by molar-refractivity contribution is 5.78. The summed E-state index contributed by atoms with van der Waals surface area (Å²) in [5.74, 6) is -3.87. The summed E-state index contributed by atoms with van der Waals surface area (Å²) in [5, 5.41) is 19.2. The van der Waals surface area contributed by atoms with Crippen molar-refractivity contribution in [1.82, 2.24) is 5.32 Å². The molecule has 0 radical (unpaired) electrons. The summed E-state index contributed by atoms with van der Waals surface area (Å²) in [6, 6.07) is 0. The molecule has 0 fully saturated rings. The molecule has 0 bridgehead atoms. The Hall–Kier alpha value is -3.50. The van der Waals surface area contributed by atoms with Gasteiger partial charge in [-0.05, 0) is 25.2 Å². The fourth-order valence-electron chi connectivity index (χ4n) is 2.01. The molecular weight excluding hydrogens is 525 g/mol. The Morgan fingerprint density at radius 1 is 0.921 bits per heavy atom. The van der Waals surface area contributed by atoms with E-state index in [1.54, 1.807) is 0 Å². The number of rotatable bonds is 13. The van der Waals surface area contributed by atoms with Crippen LogP contribution < -0.4 is 16.8 Å². The molecule has 0 saturated heterocycles. The third kappa shape index (κ3) is 20.7. The van der Waals surface area contributed by atoms with Crippen LogP contribution in [0.1, 0.15) is 47.0 Å². The maximum absolute atomic E-state index is 12.0. The third-order valence-corrected chi connectivity index (χ3v) is 4.15. The van der Waals surface area contributed by atoms with E-state index in [1.165, 1.54) is 6.92 Å². The number of aliphatic hydroxyl groups excluding tert-OH is 1. The normalized spacial score (nSPS) is 12.5. The summed E-state index contributed by atoms with van der Waals surface area (Å²) in [6.07, 6.45) is -4.56. The molecule has 7 N–H and O–H groups in total. The van der Waals surface area contributed by atoms with Gasteiger partial charge in [-0.15, -0.1) is 0 Å². The van der Waals surface area contributed by atoms with Crippen LogP contribution in [-0.2, 0) is 28.5 Å². The number of alkyl halides is 3. The maximum Gasteiger partial charge on any atom is 0.508 e. The summed E-state index contributed by atoms with van der Waals surface area (Å²) >= 11 is 0. The zero-order valence-electron chi connectivity index (χ0n) is 21.8. The highest BCUT2D eigenvalue weighted by Gasteiger charge is 2.38. The molecule has 38 heavy (non-hydrogen) atoms. The molecule has 17 heteroatoms. The maximum atomic E-state index is 12.0. The Balaban J connectivity index is 0. The predicted molar refractivity (Wildman–Crippen MR) is 126 cm³/mol. The van der Waals surface area contributed by atoms with E-state index in [-0.39, 0.29) is 31.0 Å². The zero-order valence-corrected chi connectivity index (χ0v) is 21.8. The van der Waals surface area contributed by atoms with E-state index >= 15 is 0 Å². The van der Waals surface area contributed by atoms with Crippen molar-refractivity contribution in [2.45, 2.75) is 53.1 Å². The number of nitrogens with zero attached hydrogens (tertiary/aromatic N) is 1. The number of carboxylic acids is 1. The van der Waals surface area contributed by atoms with Gasteiger partial charge in [0.2, 0.25) is 0 Å². The molecule has 0 aromatic carbocycles. The van der Waals surface area contributed by atoms with Gasteiger partial charge in [-0.1, -0.05) is 20.8 Å². The number of ether oxygens (including phenoxy) is 4. The van der Waals surface area contributed by atoms with Gasteiger partial charge in [0, 0.05) is 13.0 Å². The fourth-order valence-corrected chi connectivity index (χ4v) is 2.01. The Morgan fingerprint density at radius 2 is 1.47 bits per heavy atom. The van der Waals surface area contributed by atoms with Gasteiger partial charge in [-0.2, -0.15) is 13.2 Å². The van der Waals surface area contributed by atoms with E-state index in [0.717, 1.165) is 12.8 Å². The van der Waals surface area contributed by atoms with Crippen LogP contribution in [0.15, 0.2) is 4.99 Å². The van der Waals surface area contributed by atoms with E-state index in [0.29, 0.717) is 6.54 Å². The summed E-state index contributed by atoms with van der Waals surface area (Å²) in [4.78, 5) is 47.5. The SMILES string of the molecule is CC(C)(C)CCCNC(=O)OCCCOC(=O)OCC(C)(CO)C(=O)OCN=C(N)N.O=C(O)C(F)(F)F. The summed E-state index contributed by atoms with van der Waals surface area (Å²) in [7, 11) is 0. The Labute approximate surface area is 217 Å². The number of carbonyl (C=O) groups excluding carboxylic acids is 3. The van der Waals surface area contributed by atoms with Crippen molar-refractivity contribution in [3.05, 3.63) is 0 Å². The largest absolute Gasteiger partial charge is 0.508 e. The first-order chi connectivity index (χ1) is 17.3. The van der Waals surface area contributed by atoms with Gasteiger partial charge in [0.1, 0.15) is 12.0 Å². The molecule has 0 aliphatic heterocycles. The molecule has 0 spiro atoms. The molecule has 0 aliphatic carbocycles. The van der Waals surface area contributed by atoms with Crippen molar-refractivity contribution >= 4 is 30.1 Å². The van der Waals surface area contributed by atoms with Crippen molar-refractivity contribution in [1.29, 1.82) is 0 Å². The van der Waals surface area contributed by atoms with Crippen LogP contribution in [-0.4, -0.2) is 86.2 Å². The second kappa shape index (κ2) is 17.9. The average Bonchev–Trinajstić information content (AvgIpc) is 2.78. The number of halogens is 3. The van der Waals surface area contributed by atoms with Crippen molar-refractivity contribution in [2.75, 3.05) is 39.7 Å². The molecule has 0 saturated carbocycles. The van der Waals surface area contributed by atoms with Gasteiger partial charge in [0.05, 0.1) is 19.8 Å². The predicted octanol–water partition coefficient (Wildman–Crippen LogP) is 1.49. The summed E-state index contributed by atoms with van der Waals surface area (Å²) in [6.45, 7) is 6.71. The standard InChI is InChI=1S/C19H36N4O8.C2HF3O2/c1-18(2,3)7-5-8-22-16(26)28-9-6-10-29-17(27)30-12-19(4,11-24)14(25)31-13-23-15(20)21;3-2(4,5)1(6)7/h24H,5-13H2,1-4H3,(H,22,26)(H4,20,21,23);(H,6,7). The number of hydrogen-bond donors (Lipinski definition) is 5. The minimum atomic E-state index is -5.08. The topological polar surface area (TPSA) is 222 Å². The minimum absolute atomic E-state index is 0.0546. The molecule has 0 heterocycles. The molecule has 222 valence electrons. The lowest BCUT2D eigenvalue weighted by Crippen LogP contribution is -2.39. The molecule has 0 aromatic heterocycles. The second-order valence-corrected chi connectivity index (χ2v) is 9.13. The molecule has 0 aliphatic rings. The van der Waals surface area contributed by atoms with Crippen LogP contribution in [0.4, 0.5) is 22.8 Å². The van der Waals surface area contributed by atoms with Gasteiger partial charge >= 0.3 is 30.4 Å². The molecule has 0 aromatic rings. The highest BCUT2D eigenvalue weighted by atomic mass is 19.4. The zero-order chi connectivity index (χ0) is 30.0. The summed E-state index contributed by atoms with van der Waals surface area (Å²) < 4.78 is 51.2. The third-order valence-electron chi connectivity index (χ3n) is 4.15. The first kappa shape index (κ1) is 36.7. The van der Waals surface area contributed by atoms with Gasteiger partial charge in [-0.3, -0.25) is 4.79 Å². The van der Waals surface area contributed by atoms with E-state index in [2.05, 4.69) is 31.1 Å². The summed E-state index contributed by atoms with van der Waals surface area (Å²) in [5.41, 5.74) is 8.93. The monoisotopic (exact) mass is 562 g/mol. The molecular formula is C21H37F3N4O10. The minimum Gasteiger partial charge on any atom is -0.475 e. The lowest BCUT2D eigenvalue weighted by molar-refractivity contribution is -0.192. The first-order valence-corrected chi connectivity index (χ1v) is 11.2. The van der Waals surface area contributed by atoms with Gasteiger partial charge in [-0.25, -0.2) is 19.4 Å². The Kier molecular flexibility index (Phi) is 17.2. The average molecular weight is 563 g/mol. The number of carbonyl (C=O) groups is 4. The number of amides is 1. The fraction of sp³-hybridized carbons (Fsp3) is 0.762. The van der Waals surface area contributed by atoms with Crippen LogP contribution >= 0.6 is 0 Å². The number of nitrogens with one attached hydrogen (secondary N) is 1. The number of aliphatic carboxylic acids is 1. The second-order valence-electron chi connectivity index (χ2n) is 9.13. The van der Waals surface area contributed by atoms with Gasteiger partial charge in [0.15, 0.2) is 12.7 Å². The molecule has 1 atom stereocenters. The van der Waals surface area contributed by atoms with Crippen molar-refractivity contribution < 1.29 is 61.5 Å². The molecule has 1 unspecified atom stereocenters. The van der Waals surface area contributed by atoms with E-state index in [4.69, 9.17) is 40.3 Å². The quantitative estimate of drug-likeness (QED) is 0.0708. The van der Waals surface area contributed by atoms with Crippen molar-refractivity contribution in [2.24, 2.45) is 27.3 Å². The number of aliphatic imine (C=N–C) groups is 1. The Morgan fingerprint density at radius 3 is 1.95 bits per heavy atom.